The summed E-state index contributed by atoms with van der Waals surface area (Å²) < 4.78 is 0. The van der Waals surface area contributed by atoms with E-state index in [9.17, 15) is 24.3 Å². The average molecular weight is 468 g/mol. The number of nitrogens with two attached hydrogens (primary N) is 2. The number of amides is 3. The van der Waals surface area contributed by atoms with E-state index in [1.807, 2.05) is 0 Å². The molecule has 0 aromatic heterocycles. The van der Waals surface area contributed by atoms with Crippen LogP contribution in [0.1, 0.15) is 31.7 Å². The molecule has 4 unspecified atom stereocenters. The van der Waals surface area contributed by atoms with Gasteiger partial charge in [0.15, 0.2) is 0 Å². The van der Waals surface area contributed by atoms with Crippen LogP contribution in [0, 0.1) is 0 Å². The van der Waals surface area contributed by atoms with Crippen molar-refractivity contribution in [2.45, 2.75) is 56.8 Å². The van der Waals surface area contributed by atoms with Crippen molar-refractivity contribution >= 4 is 23.7 Å². The molecule has 1 aromatic rings. The fraction of sp³-hybridized carbons (Fsp3) is 0.524. The quantitative estimate of drug-likeness (QED) is 0.141. The molecule has 0 saturated heterocycles. The zero-order valence-corrected chi connectivity index (χ0v) is 18.5. The smallest absolute Gasteiger partial charge is 0.328 e. The lowest BCUT2D eigenvalue weighted by Gasteiger charge is -2.23. The highest BCUT2D eigenvalue weighted by Crippen LogP contribution is 2.11. The van der Waals surface area contributed by atoms with Crippen molar-refractivity contribution in [3.8, 4) is 5.75 Å². The number of carboxylic acids is 1. The number of hydrogen-bond donors (Lipinski definition) is 8. The zero-order valence-electron chi connectivity index (χ0n) is 18.5. The number of benzene rings is 1. The summed E-state index contributed by atoms with van der Waals surface area (Å²) in [7, 11) is 0. The first-order valence-electron chi connectivity index (χ1n) is 10.6. The molecule has 3 amide bonds. The number of aliphatic hydroxyl groups excluding tert-OH is 1. The molecule has 0 radical (unpaired) electrons. The summed E-state index contributed by atoms with van der Waals surface area (Å²) in [6.45, 7) is 0.941. The van der Waals surface area contributed by atoms with Gasteiger partial charge in [-0.15, -0.1) is 0 Å². The molecule has 184 valence electrons. The molecule has 0 saturated carbocycles. The van der Waals surface area contributed by atoms with E-state index < -0.39 is 54.5 Å². The Morgan fingerprint density at radius 3 is 2.09 bits per heavy atom. The normalized spacial score (nSPS) is 14.4. The number of carbonyl (C=O) groups excluding carboxylic acids is 3. The Morgan fingerprint density at radius 2 is 1.55 bits per heavy atom. The van der Waals surface area contributed by atoms with E-state index in [-0.39, 0.29) is 18.6 Å². The van der Waals surface area contributed by atoms with E-state index in [2.05, 4.69) is 16.0 Å². The fourth-order valence-corrected chi connectivity index (χ4v) is 2.88. The van der Waals surface area contributed by atoms with Crippen LogP contribution < -0.4 is 27.4 Å². The van der Waals surface area contributed by atoms with Crippen LogP contribution in [0.15, 0.2) is 24.3 Å². The van der Waals surface area contributed by atoms with Gasteiger partial charge in [-0.25, -0.2) is 4.79 Å². The Balaban J connectivity index is 2.76. The van der Waals surface area contributed by atoms with Gasteiger partial charge in [0.1, 0.15) is 23.9 Å². The number of nitrogens with one attached hydrogen (secondary N) is 3. The number of phenols is 1. The van der Waals surface area contributed by atoms with Crippen molar-refractivity contribution in [3.63, 3.8) is 0 Å². The van der Waals surface area contributed by atoms with Crippen molar-refractivity contribution < 1.29 is 34.5 Å². The number of aromatic hydroxyl groups is 1. The summed E-state index contributed by atoms with van der Waals surface area (Å²) in [4.78, 5) is 48.4. The maximum absolute atomic E-state index is 12.7. The minimum atomic E-state index is -1.50. The molecule has 0 spiro atoms. The van der Waals surface area contributed by atoms with Crippen LogP contribution in [-0.2, 0) is 25.6 Å². The topological polar surface area (TPSA) is 217 Å². The summed E-state index contributed by atoms with van der Waals surface area (Å²) in [5.41, 5.74) is 12.2. The second-order valence-corrected chi connectivity index (χ2v) is 7.63. The first kappa shape index (κ1) is 27.8. The Morgan fingerprint density at radius 1 is 0.939 bits per heavy atom. The Bertz CT molecular complexity index is 803. The van der Waals surface area contributed by atoms with Crippen molar-refractivity contribution in [3.05, 3.63) is 29.8 Å². The third-order valence-corrected chi connectivity index (χ3v) is 4.86. The maximum atomic E-state index is 12.7. The van der Waals surface area contributed by atoms with Crippen LogP contribution >= 0.6 is 0 Å². The first-order valence-corrected chi connectivity index (χ1v) is 10.6. The minimum Gasteiger partial charge on any atom is -0.508 e. The van der Waals surface area contributed by atoms with Crippen LogP contribution in [0.2, 0.25) is 0 Å². The highest BCUT2D eigenvalue weighted by Gasteiger charge is 2.28. The molecule has 12 heteroatoms. The van der Waals surface area contributed by atoms with Crippen molar-refractivity contribution in [1.29, 1.82) is 0 Å². The SMILES string of the molecule is CC(NC(=O)C(CCCCN)NC(=O)C(N)Cc1ccc(O)cc1)C(=O)NC(CO)C(=O)O. The molecule has 1 aromatic carbocycles. The zero-order chi connectivity index (χ0) is 25.0. The molecular weight excluding hydrogens is 434 g/mol. The highest BCUT2D eigenvalue weighted by molar-refractivity contribution is 5.93. The van der Waals surface area contributed by atoms with Crippen LogP contribution in [0.3, 0.4) is 0 Å². The Labute approximate surface area is 191 Å². The molecule has 33 heavy (non-hydrogen) atoms. The molecule has 0 aliphatic rings. The molecule has 0 fully saturated rings. The van der Waals surface area contributed by atoms with Crippen LogP contribution in [0.4, 0.5) is 0 Å². The fourth-order valence-electron chi connectivity index (χ4n) is 2.88. The lowest BCUT2D eigenvalue weighted by molar-refractivity contribution is -0.143. The molecule has 0 heterocycles. The maximum Gasteiger partial charge on any atom is 0.328 e. The van der Waals surface area contributed by atoms with E-state index in [0.29, 0.717) is 19.4 Å². The molecule has 12 nitrogen and oxygen atoms in total. The van der Waals surface area contributed by atoms with Gasteiger partial charge in [0.2, 0.25) is 17.7 Å². The average Bonchev–Trinajstić information content (AvgIpc) is 2.77. The number of rotatable bonds is 14. The van der Waals surface area contributed by atoms with E-state index in [1.54, 1.807) is 12.1 Å². The predicted octanol–water partition coefficient (Wildman–Crippen LogP) is -2.06. The third-order valence-electron chi connectivity index (χ3n) is 4.86. The van der Waals surface area contributed by atoms with Crippen LogP contribution in [-0.4, -0.2) is 76.3 Å². The Hall–Kier alpha value is -3.22. The van der Waals surface area contributed by atoms with Gasteiger partial charge >= 0.3 is 5.97 Å². The third kappa shape index (κ3) is 9.85. The van der Waals surface area contributed by atoms with Gasteiger partial charge in [0.25, 0.3) is 0 Å². The Kier molecular flexibility index (Phi) is 11.8. The van der Waals surface area contributed by atoms with Crippen molar-refractivity contribution in [2.75, 3.05) is 13.2 Å². The monoisotopic (exact) mass is 467 g/mol. The van der Waals surface area contributed by atoms with Gasteiger partial charge in [-0.2, -0.15) is 0 Å². The minimum absolute atomic E-state index is 0.0835. The summed E-state index contributed by atoms with van der Waals surface area (Å²) in [6, 6.07) is 1.64. The number of unbranched alkanes of at least 4 members (excludes halogenated alkanes) is 1. The van der Waals surface area contributed by atoms with E-state index in [0.717, 1.165) is 5.56 Å². The van der Waals surface area contributed by atoms with Crippen molar-refractivity contribution in [2.24, 2.45) is 11.5 Å². The van der Waals surface area contributed by atoms with E-state index >= 15 is 0 Å². The van der Waals surface area contributed by atoms with Gasteiger partial charge in [0, 0.05) is 0 Å². The number of aliphatic hydroxyl groups is 1. The van der Waals surface area contributed by atoms with Gasteiger partial charge in [-0.3, -0.25) is 14.4 Å². The number of phenolic OH excluding ortho intramolecular Hbond substituents is 1. The first-order chi connectivity index (χ1) is 15.6. The van der Waals surface area contributed by atoms with Gasteiger partial charge in [-0.05, 0) is 56.8 Å². The summed E-state index contributed by atoms with van der Waals surface area (Å²) in [5, 5.41) is 34.4. The molecule has 10 N–H and O–H groups in total. The molecule has 0 aliphatic carbocycles. The lowest BCUT2D eigenvalue weighted by atomic mass is 10.0. The molecule has 0 aliphatic heterocycles. The summed E-state index contributed by atoms with van der Waals surface area (Å²) in [6.07, 6.45) is 1.59. The number of carbonyl (C=O) groups is 4. The molecule has 1 rings (SSSR count). The van der Waals surface area contributed by atoms with Gasteiger partial charge in [-0.1, -0.05) is 12.1 Å². The second kappa shape index (κ2) is 14.0. The van der Waals surface area contributed by atoms with E-state index in [4.69, 9.17) is 21.7 Å². The van der Waals surface area contributed by atoms with Crippen LogP contribution in [0.25, 0.3) is 0 Å². The molecule has 4 atom stereocenters. The van der Waals surface area contributed by atoms with Gasteiger partial charge in [0.05, 0.1) is 12.6 Å². The van der Waals surface area contributed by atoms with E-state index in [1.165, 1.54) is 19.1 Å². The van der Waals surface area contributed by atoms with Crippen LogP contribution in [0.5, 0.6) is 5.75 Å². The largest absolute Gasteiger partial charge is 0.508 e. The molecule has 0 bridgehead atoms. The molecular formula is C21H33N5O7. The standard InChI is InChI=1S/C21H33N5O7/c1-12(18(29)26-17(11-27)21(32)33)24-20(31)16(4-2-3-9-22)25-19(30)15(23)10-13-5-7-14(28)8-6-13/h5-8,12,15-17,27-28H,2-4,9-11,22-23H2,1H3,(H,24,31)(H,25,30)(H,26,29)(H,32,33). The lowest BCUT2D eigenvalue weighted by Crippen LogP contribution is -2.56. The summed E-state index contributed by atoms with van der Waals surface area (Å²) >= 11 is 0. The number of carboxylic acid groups (broad SMARTS) is 1. The predicted molar refractivity (Wildman–Crippen MR) is 119 cm³/mol. The number of hydrogen-bond acceptors (Lipinski definition) is 8. The second-order valence-electron chi connectivity index (χ2n) is 7.63. The van der Waals surface area contributed by atoms with Gasteiger partial charge < -0.3 is 42.7 Å². The number of aliphatic carboxylic acids is 1. The van der Waals surface area contributed by atoms with Crippen molar-refractivity contribution in [1.82, 2.24) is 16.0 Å². The highest BCUT2D eigenvalue weighted by atomic mass is 16.4. The summed E-state index contributed by atoms with van der Waals surface area (Å²) in [5.74, 6) is -3.35.